The summed E-state index contributed by atoms with van der Waals surface area (Å²) in [7, 11) is -3.78. The first-order valence-corrected chi connectivity index (χ1v) is 13.2. The molecule has 0 heterocycles. The third kappa shape index (κ3) is 7.55. The van der Waals surface area contributed by atoms with Crippen LogP contribution in [0.5, 0.6) is 0 Å². The first-order chi connectivity index (χ1) is 16.0. The SMILES string of the molecule is CC[C@H](C(=O)N[C@@H](C)CC)N(Cc1ccc(F)cc1)C(=O)CN(c1ccc(C)cc1)S(C)(=O)=O. The molecule has 186 valence electrons. The van der Waals surface area contributed by atoms with E-state index in [1.54, 1.807) is 43.3 Å². The Morgan fingerprint density at radius 2 is 1.59 bits per heavy atom. The van der Waals surface area contributed by atoms with Crippen molar-refractivity contribution in [2.75, 3.05) is 17.1 Å². The van der Waals surface area contributed by atoms with E-state index in [0.29, 0.717) is 17.7 Å². The predicted molar refractivity (Wildman–Crippen MR) is 132 cm³/mol. The number of anilines is 1. The zero-order chi connectivity index (χ0) is 25.5. The number of rotatable bonds is 11. The zero-order valence-electron chi connectivity index (χ0n) is 20.4. The summed E-state index contributed by atoms with van der Waals surface area (Å²) in [4.78, 5) is 27.9. The molecule has 7 nitrogen and oxygen atoms in total. The molecule has 0 fully saturated rings. The van der Waals surface area contributed by atoms with Gasteiger partial charge in [0.05, 0.1) is 11.9 Å². The Bertz CT molecular complexity index is 1070. The van der Waals surface area contributed by atoms with Crippen molar-refractivity contribution in [1.29, 1.82) is 0 Å². The molecule has 0 saturated heterocycles. The summed E-state index contributed by atoms with van der Waals surface area (Å²) in [5.41, 5.74) is 1.94. The molecule has 2 amide bonds. The summed E-state index contributed by atoms with van der Waals surface area (Å²) in [6.45, 7) is 7.07. The third-order valence-electron chi connectivity index (χ3n) is 5.65. The Morgan fingerprint density at radius 3 is 2.09 bits per heavy atom. The van der Waals surface area contributed by atoms with Crippen molar-refractivity contribution in [1.82, 2.24) is 10.2 Å². The summed E-state index contributed by atoms with van der Waals surface area (Å²) in [5, 5.41) is 2.91. The summed E-state index contributed by atoms with van der Waals surface area (Å²) in [5.74, 6) is -1.25. The highest BCUT2D eigenvalue weighted by molar-refractivity contribution is 7.92. The molecule has 0 unspecified atom stereocenters. The first kappa shape index (κ1) is 27.3. The molecule has 0 aromatic heterocycles. The van der Waals surface area contributed by atoms with Gasteiger partial charge in [-0.15, -0.1) is 0 Å². The van der Waals surface area contributed by atoms with E-state index >= 15 is 0 Å². The Kier molecular flexibility index (Phi) is 9.61. The van der Waals surface area contributed by atoms with E-state index in [1.165, 1.54) is 17.0 Å². The minimum atomic E-state index is -3.78. The number of halogens is 1. The van der Waals surface area contributed by atoms with E-state index in [1.807, 2.05) is 20.8 Å². The normalized spacial score (nSPS) is 13.1. The average Bonchev–Trinajstić information content (AvgIpc) is 2.78. The van der Waals surface area contributed by atoms with Gasteiger partial charge in [-0.2, -0.15) is 0 Å². The first-order valence-electron chi connectivity index (χ1n) is 11.3. The van der Waals surface area contributed by atoms with E-state index < -0.39 is 34.3 Å². The van der Waals surface area contributed by atoms with Crippen molar-refractivity contribution in [2.45, 2.75) is 59.2 Å². The Hall–Kier alpha value is -2.94. The van der Waals surface area contributed by atoms with Gasteiger partial charge in [-0.3, -0.25) is 13.9 Å². The number of hydrogen-bond acceptors (Lipinski definition) is 4. The lowest BCUT2D eigenvalue weighted by Crippen LogP contribution is -2.53. The van der Waals surface area contributed by atoms with E-state index in [4.69, 9.17) is 0 Å². The Balaban J connectivity index is 2.41. The van der Waals surface area contributed by atoms with Crippen LogP contribution in [0.4, 0.5) is 10.1 Å². The second-order valence-electron chi connectivity index (χ2n) is 8.50. The molecule has 0 spiro atoms. The van der Waals surface area contributed by atoms with Crippen LogP contribution < -0.4 is 9.62 Å². The summed E-state index contributed by atoms with van der Waals surface area (Å²) < 4.78 is 39.6. The maximum absolute atomic E-state index is 13.5. The van der Waals surface area contributed by atoms with Gasteiger partial charge in [0.1, 0.15) is 18.4 Å². The average molecular weight is 492 g/mol. The minimum Gasteiger partial charge on any atom is -0.352 e. The van der Waals surface area contributed by atoms with Crippen molar-refractivity contribution < 1.29 is 22.4 Å². The van der Waals surface area contributed by atoms with Crippen LogP contribution in [0, 0.1) is 12.7 Å². The number of sulfonamides is 1. The monoisotopic (exact) mass is 491 g/mol. The van der Waals surface area contributed by atoms with Gasteiger partial charge >= 0.3 is 0 Å². The highest BCUT2D eigenvalue weighted by Gasteiger charge is 2.32. The van der Waals surface area contributed by atoms with Gasteiger partial charge in [0.2, 0.25) is 21.8 Å². The zero-order valence-corrected chi connectivity index (χ0v) is 21.2. The maximum Gasteiger partial charge on any atom is 0.244 e. The van der Waals surface area contributed by atoms with Gasteiger partial charge < -0.3 is 10.2 Å². The molecule has 1 N–H and O–H groups in total. The van der Waals surface area contributed by atoms with Crippen molar-refractivity contribution in [3.63, 3.8) is 0 Å². The molecule has 0 radical (unpaired) electrons. The number of nitrogens with zero attached hydrogens (tertiary/aromatic N) is 2. The third-order valence-corrected chi connectivity index (χ3v) is 6.79. The molecule has 9 heteroatoms. The lowest BCUT2D eigenvalue weighted by atomic mass is 10.1. The van der Waals surface area contributed by atoms with Crippen LogP contribution >= 0.6 is 0 Å². The van der Waals surface area contributed by atoms with E-state index in [9.17, 15) is 22.4 Å². The molecule has 0 aliphatic heterocycles. The molecule has 0 aliphatic rings. The van der Waals surface area contributed by atoms with Crippen LogP contribution in [-0.2, 0) is 26.2 Å². The van der Waals surface area contributed by atoms with E-state index in [2.05, 4.69) is 5.32 Å². The number of hydrogen-bond donors (Lipinski definition) is 1. The van der Waals surface area contributed by atoms with Crippen LogP contribution in [0.25, 0.3) is 0 Å². The minimum absolute atomic E-state index is 0.0387. The fourth-order valence-corrected chi connectivity index (χ4v) is 4.32. The molecule has 0 saturated carbocycles. The number of nitrogens with one attached hydrogen (secondary N) is 1. The fraction of sp³-hybridized carbons (Fsp3) is 0.440. The molecule has 2 aromatic rings. The lowest BCUT2D eigenvalue weighted by molar-refractivity contribution is -0.140. The topological polar surface area (TPSA) is 86.8 Å². The molecule has 0 bridgehead atoms. The fourth-order valence-electron chi connectivity index (χ4n) is 3.47. The molecule has 2 rings (SSSR count). The van der Waals surface area contributed by atoms with E-state index in [-0.39, 0.29) is 18.5 Å². The van der Waals surface area contributed by atoms with Gasteiger partial charge in [0.25, 0.3) is 0 Å². The van der Waals surface area contributed by atoms with E-state index in [0.717, 1.165) is 22.5 Å². The highest BCUT2D eigenvalue weighted by Crippen LogP contribution is 2.20. The summed E-state index contributed by atoms with van der Waals surface area (Å²) in [6, 6.07) is 11.6. The van der Waals surface area contributed by atoms with Crippen molar-refractivity contribution in [3.8, 4) is 0 Å². The van der Waals surface area contributed by atoms with Gasteiger partial charge in [-0.25, -0.2) is 12.8 Å². The second kappa shape index (κ2) is 12.0. The molecular weight excluding hydrogens is 457 g/mol. The maximum atomic E-state index is 13.5. The Labute approximate surface area is 202 Å². The van der Waals surface area contributed by atoms with Gasteiger partial charge in [0, 0.05) is 12.6 Å². The molecule has 0 aliphatic carbocycles. The largest absolute Gasteiger partial charge is 0.352 e. The van der Waals surface area contributed by atoms with Gasteiger partial charge in [-0.1, -0.05) is 43.7 Å². The van der Waals surface area contributed by atoms with Gasteiger partial charge in [0.15, 0.2) is 0 Å². The quantitative estimate of drug-likeness (QED) is 0.520. The smallest absolute Gasteiger partial charge is 0.244 e. The van der Waals surface area contributed by atoms with Crippen molar-refractivity contribution >= 4 is 27.5 Å². The number of carbonyl (C=O) groups excluding carboxylic acids is 2. The van der Waals surface area contributed by atoms with Crippen LogP contribution in [0.15, 0.2) is 48.5 Å². The second-order valence-corrected chi connectivity index (χ2v) is 10.4. The van der Waals surface area contributed by atoms with Gasteiger partial charge in [-0.05, 0) is 56.5 Å². The number of aryl methyl sites for hydroxylation is 1. The Morgan fingerprint density at radius 1 is 1.00 bits per heavy atom. The van der Waals surface area contributed by atoms with Crippen molar-refractivity contribution in [3.05, 3.63) is 65.5 Å². The number of amides is 2. The van der Waals surface area contributed by atoms with Crippen molar-refractivity contribution in [2.24, 2.45) is 0 Å². The van der Waals surface area contributed by atoms with Crippen LogP contribution in [-0.4, -0.2) is 50.0 Å². The molecule has 2 atom stereocenters. The van der Waals surface area contributed by atoms with Crippen LogP contribution in [0.2, 0.25) is 0 Å². The number of carbonyl (C=O) groups is 2. The summed E-state index contributed by atoms with van der Waals surface area (Å²) >= 11 is 0. The molecular formula is C25H34FN3O4S. The van der Waals surface area contributed by atoms with Crippen LogP contribution in [0.1, 0.15) is 44.7 Å². The highest BCUT2D eigenvalue weighted by atomic mass is 32.2. The summed E-state index contributed by atoms with van der Waals surface area (Å²) in [6.07, 6.45) is 2.10. The van der Waals surface area contributed by atoms with Crippen LogP contribution in [0.3, 0.4) is 0 Å². The predicted octanol–water partition coefficient (Wildman–Crippen LogP) is 3.62. The molecule has 34 heavy (non-hydrogen) atoms. The molecule has 2 aromatic carbocycles. The standard InChI is InChI=1S/C25H34FN3O4S/c1-6-19(4)27-25(31)23(7-2)28(16-20-10-12-21(26)13-11-20)24(30)17-29(34(5,32)33)22-14-8-18(3)9-15-22/h8-15,19,23H,6-7,16-17H2,1-5H3,(H,27,31)/t19-,23+/m0/s1. The number of benzene rings is 2. The lowest BCUT2D eigenvalue weighted by Gasteiger charge is -2.33.